The zero-order chi connectivity index (χ0) is 27.8. The third kappa shape index (κ3) is 4.15. The number of rotatable bonds is 5. The normalized spacial score (nSPS) is 39.5. The molecular weight excluding hydrogens is 505 g/mol. The molecule has 2 unspecified atom stereocenters. The van der Waals surface area contributed by atoms with Crippen molar-refractivity contribution in [2.24, 2.45) is 40.4 Å². The third-order valence-electron chi connectivity index (χ3n) is 10.9. The van der Waals surface area contributed by atoms with Crippen LogP contribution in [0.4, 0.5) is 30.7 Å². The first-order chi connectivity index (χ1) is 16.9. The molecule has 4 rings (SSSR count). The molecule has 4 fully saturated rings. The van der Waals surface area contributed by atoms with Crippen LogP contribution in [0.1, 0.15) is 72.1 Å². The maximum atomic E-state index is 13.8. The number of likely N-dealkylation sites (tertiary alicyclic amines) is 1. The van der Waals surface area contributed by atoms with Gasteiger partial charge < -0.3 is 10.2 Å². The van der Waals surface area contributed by atoms with Crippen molar-refractivity contribution < 1.29 is 40.3 Å². The summed E-state index contributed by atoms with van der Waals surface area (Å²) in [7, 11) is 1.90. The molecule has 11 heteroatoms. The lowest BCUT2D eigenvalue weighted by molar-refractivity contribution is -0.344. The van der Waals surface area contributed by atoms with Crippen LogP contribution in [0.2, 0.25) is 0 Å². The number of hydrogen-bond acceptors (Lipinski definition) is 2. The lowest BCUT2D eigenvalue weighted by Gasteiger charge is -2.62. The van der Waals surface area contributed by atoms with E-state index in [1.54, 1.807) is 12.2 Å². The number of nitrogens with one attached hydrogen (secondary N) is 1. The van der Waals surface area contributed by atoms with Crippen molar-refractivity contribution in [3.8, 4) is 0 Å². The lowest BCUT2D eigenvalue weighted by atomic mass is 9.46. The van der Waals surface area contributed by atoms with Gasteiger partial charge in [-0.25, -0.2) is 0 Å². The van der Waals surface area contributed by atoms with Gasteiger partial charge >= 0.3 is 18.0 Å². The highest BCUT2D eigenvalue weighted by atomic mass is 19.4. The minimum atomic E-state index is -6.54. The third-order valence-corrected chi connectivity index (χ3v) is 10.9. The Bertz CT molecular complexity index is 925. The van der Waals surface area contributed by atoms with E-state index in [4.69, 9.17) is 0 Å². The molecule has 2 amide bonds. The van der Waals surface area contributed by atoms with E-state index >= 15 is 0 Å². The molecule has 37 heavy (non-hydrogen) atoms. The van der Waals surface area contributed by atoms with E-state index in [0.29, 0.717) is 24.2 Å². The van der Waals surface area contributed by atoms with Crippen molar-refractivity contribution in [3.63, 3.8) is 0 Å². The van der Waals surface area contributed by atoms with Crippen LogP contribution in [0, 0.1) is 40.4 Å². The first-order valence-electron chi connectivity index (χ1n) is 13.3. The van der Waals surface area contributed by atoms with Crippen molar-refractivity contribution in [2.45, 2.75) is 96.2 Å². The number of hydrogen-bond donors (Lipinski definition) is 1. The van der Waals surface area contributed by atoms with Crippen LogP contribution < -0.4 is 5.32 Å². The maximum Gasteiger partial charge on any atom is 0.460 e. The Morgan fingerprint density at radius 1 is 0.973 bits per heavy atom. The number of nitrogens with zero attached hydrogens (tertiary/aromatic N) is 1. The van der Waals surface area contributed by atoms with Crippen LogP contribution in [-0.2, 0) is 9.59 Å². The second kappa shape index (κ2) is 9.00. The number of piperidine rings is 1. The van der Waals surface area contributed by atoms with Gasteiger partial charge in [-0.05, 0) is 85.4 Å². The summed E-state index contributed by atoms with van der Waals surface area (Å²) in [6.45, 7) is 5.84. The van der Waals surface area contributed by atoms with Crippen molar-refractivity contribution in [2.75, 3.05) is 13.6 Å². The van der Waals surface area contributed by atoms with Crippen molar-refractivity contribution in [3.05, 3.63) is 0 Å². The number of fused-ring (bicyclic) bond motifs is 5. The molecule has 3 saturated carbocycles. The average Bonchev–Trinajstić information content (AvgIpc) is 3.16. The highest BCUT2D eigenvalue weighted by molar-refractivity contribution is 5.84. The van der Waals surface area contributed by atoms with Crippen molar-refractivity contribution in [1.29, 1.82) is 0 Å². The summed E-state index contributed by atoms with van der Waals surface area (Å²) < 4.78 is 91.4. The summed E-state index contributed by atoms with van der Waals surface area (Å²) in [5.74, 6) is -13.8. The topological polar surface area (TPSA) is 49.4 Å². The SMILES string of the molecule is CC(CNC(=O)C(F)(F)C(F)(F)C(F)(F)F)[C@H]1CC[C@H]2[C@@H]3CCC4N(C)C(=O)CC[C@]4(C)[C@H]3CC[C@]12C. The Kier molecular flexibility index (Phi) is 6.92. The van der Waals surface area contributed by atoms with E-state index in [1.807, 2.05) is 11.9 Å². The zero-order valence-corrected chi connectivity index (χ0v) is 21.7. The Balaban J connectivity index is 1.44. The minimum absolute atomic E-state index is 0.0247. The van der Waals surface area contributed by atoms with Gasteiger partial charge in [0.25, 0.3) is 5.91 Å². The monoisotopic (exact) mass is 542 g/mol. The molecule has 212 valence electrons. The molecule has 3 aliphatic carbocycles. The Morgan fingerprint density at radius 2 is 1.59 bits per heavy atom. The Hall–Kier alpha value is -1.55. The molecule has 1 saturated heterocycles. The van der Waals surface area contributed by atoms with E-state index in [2.05, 4.69) is 13.8 Å². The number of alkyl halides is 7. The van der Waals surface area contributed by atoms with E-state index < -0.39 is 30.5 Å². The molecule has 1 N–H and O–H groups in total. The van der Waals surface area contributed by atoms with Crippen molar-refractivity contribution >= 4 is 11.8 Å². The lowest BCUT2D eigenvalue weighted by Crippen LogP contribution is -2.61. The molecule has 0 aromatic rings. The number of carbonyl (C=O) groups is 2. The molecule has 0 spiro atoms. The molecule has 0 aromatic carbocycles. The summed E-state index contributed by atoms with van der Waals surface area (Å²) in [4.78, 5) is 26.0. The van der Waals surface area contributed by atoms with Crippen LogP contribution in [0.5, 0.6) is 0 Å². The number of carbonyl (C=O) groups excluding carboxylic acids is 2. The van der Waals surface area contributed by atoms with Gasteiger partial charge in [0.2, 0.25) is 5.91 Å². The minimum Gasteiger partial charge on any atom is -0.350 e. The highest BCUT2D eigenvalue weighted by Crippen LogP contribution is 2.67. The van der Waals surface area contributed by atoms with Crippen LogP contribution in [0.25, 0.3) is 0 Å². The van der Waals surface area contributed by atoms with Crippen LogP contribution >= 0.6 is 0 Å². The number of amides is 2. The first-order valence-corrected chi connectivity index (χ1v) is 13.3. The van der Waals surface area contributed by atoms with Crippen LogP contribution in [-0.4, -0.2) is 54.4 Å². The van der Waals surface area contributed by atoms with E-state index in [-0.39, 0.29) is 34.6 Å². The summed E-state index contributed by atoms with van der Waals surface area (Å²) in [5, 5.41) is 1.69. The molecule has 4 nitrogen and oxygen atoms in total. The average molecular weight is 543 g/mol. The van der Waals surface area contributed by atoms with Gasteiger partial charge in [-0.1, -0.05) is 20.8 Å². The number of halogens is 7. The smallest absolute Gasteiger partial charge is 0.350 e. The van der Waals surface area contributed by atoms with Gasteiger partial charge in [-0.2, -0.15) is 30.7 Å². The molecule has 0 bridgehead atoms. The van der Waals surface area contributed by atoms with Gasteiger partial charge in [-0.3, -0.25) is 9.59 Å². The summed E-state index contributed by atoms with van der Waals surface area (Å²) >= 11 is 0. The molecular formula is C26H37F7N2O2. The summed E-state index contributed by atoms with van der Waals surface area (Å²) in [6, 6.07) is 0.224. The molecule has 0 radical (unpaired) electrons. The van der Waals surface area contributed by atoms with Crippen LogP contribution in [0.15, 0.2) is 0 Å². The van der Waals surface area contributed by atoms with Gasteiger partial charge in [0.05, 0.1) is 0 Å². The van der Waals surface area contributed by atoms with E-state index in [0.717, 1.165) is 44.9 Å². The fourth-order valence-corrected chi connectivity index (χ4v) is 8.95. The molecule has 8 atom stereocenters. The molecule has 1 heterocycles. The molecule has 1 aliphatic heterocycles. The summed E-state index contributed by atoms with van der Waals surface area (Å²) in [5.41, 5.74) is -0.0940. The highest BCUT2D eigenvalue weighted by Gasteiger charge is 2.76. The Labute approximate surface area is 213 Å². The first kappa shape index (κ1) is 28.5. The quantitative estimate of drug-likeness (QED) is 0.430. The van der Waals surface area contributed by atoms with Gasteiger partial charge in [0.15, 0.2) is 0 Å². The van der Waals surface area contributed by atoms with E-state index in [1.165, 1.54) is 0 Å². The second-order valence-electron chi connectivity index (χ2n) is 12.5. The fraction of sp³-hybridized carbons (Fsp3) is 0.923. The fourth-order valence-electron chi connectivity index (χ4n) is 8.95. The maximum absolute atomic E-state index is 13.8. The van der Waals surface area contributed by atoms with E-state index in [9.17, 15) is 40.3 Å². The second-order valence-corrected chi connectivity index (χ2v) is 12.5. The predicted octanol–water partition coefficient (Wildman–Crippen LogP) is 6.05. The van der Waals surface area contributed by atoms with Crippen LogP contribution in [0.3, 0.4) is 0 Å². The van der Waals surface area contributed by atoms with Gasteiger partial charge in [0.1, 0.15) is 0 Å². The summed E-state index contributed by atoms with van der Waals surface area (Å²) in [6.07, 6.45) is 0.390. The van der Waals surface area contributed by atoms with Gasteiger partial charge in [-0.15, -0.1) is 0 Å². The zero-order valence-electron chi connectivity index (χ0n) is 21.7. The standard InChI is InChI=1S/C26H37F7N2O2/c1-14(13-34-21(37)24(27,28)25(29,30)26(31,32)33)16-6-7-17-15-5-8-19-23(3,12-10-20(36)35(19)4)18(15)9-11-22(16,17)2/h14-19H,5-13H2,1-4H3,(H,34,37)/t14?,15-,16+,17-,18-,19?,22+,23+/m0/s1. The predicted molar refractivity (Wildman–Crippen MR) is 122 cm³/mol. The largest absolute Gasteiger partial charge is 0.460 e. The van der Waals surface area contributed by atoms with Gasteiger partial charge in [0, 0.05) is 26.1 Å². The molecule has 0 aromatic heterocycles. The Morgan fingerprint density at radius 3 is 2.22 bits per heavy atom. The molecule has 4 aliphatic rings. The van der Waals surface area contributed by atoms with Crippen molar-refractivity contribution in [1.82, 2.24) is 10.2 Å².